The number of benzene rings is 1. The Hall–Kier alpha value is -1.33. The van der Waals surface area contributed by atoms with E-state index in [9.17, 15) is 4.39 Å². The zero-order valence-corrected chi connectivity index (χ0v) is 14.6. The topological polar surface area (TPSA) is 30.9 Å². The van der Waals surface area contributed by atoms with Crippen molar-refractivity contribution in [1.82, 2.24) is 4.90 Å². The highest BCUT2D eigenvalue weighted by molar-refractivity contribution is 5.45. The summed E-state index contributed by atoms with van der Waals surface area (Å²) in [5, 5.41) is 0. The first kappa shape index (κ1) is 18.0. The van der Waals surface area contributed by atoms with Crippen molar-refractivity contribution in [2.45, 2.75) is 39.3 Å². The van der Waals surface area contributed by atoms with Crippen molar-refractivity contribution < 1.29 is 18.6 Å². The summed E-state index contributed by atoms with van der Waals surface area (Å²) in [6.07, 6.45) is 2.41. The van der Waals surface area contributed by atoms with E-state index >= 15 is 0 Å². The summed E-state index contributed by atoms with van der Waals surface area (Å²) < 4.78 is 30.1. The molecule has 0 bridgehead atoms. The van der Waals surface area contributed by atoms with Gasteiger partial charge in [-0.15, -0.1) is 0 Å². The maximum Gasteiger partial charge on any atom is 0.130 e. The van der Waals surface area contributed by atoms with Crippen molar-refractivity contribution in [3.05, 3.63) is 23.5 Å². The van der Waals surface area contributed by atoms with Crippen LogP contribution in [0.2, 0.25) is 0 Å². The highest BCUT2D eigenvalue weighted by Gasteiger charge is 2.22. The molecule has 0 amide bonds. The lowest BCUT2D eigenvalue weighted by molar-refractivity contribution is -0.00603. The lowest BCUT2D eigenvalue weighted by atomic mass is 10.1. The standard InChI is InChI=1S/C18H28FNO3/c1-13(2)12-23-15-5-7-20(8-6-15)11-16-17(21-3)9-14(19)10-18(16)22-4/h9-10,13,15H,5-8,11-12H2,1-4H3. The molecule has 23 heavy (non-hydrogen) atoms. The number of methoxy groups -OCH3 is 2. The molecule has 0 aliphatic carbocycles. The number of hydrogen-bond acceptors (Lipinski definition) is 4. The van der Waals surface area contributed by atoms with E-state index in [1.807, 2.05) is 0 Å². The molecule has 4 nitrogen and oxygen atoms in total. The van der Waals surface area contributed by atoms with Gasteiger partial charge in [-0.05, 0) is 18.8 Å². The molecule has 1 aliphatic rings. The fraction of sp³-hybridized carbons (Fsp3) is 0.667. The van der Waals surface area contributed by atoms with Crippen molar-refractivity contribution in [2.75, 3.05) is 33.9 Å². The van der Waals surface area contributed by atoms with Gasteiger partial charge in [-0.3, -0.25) is 4.90 Å². The van der Waals surface area contributed by atoms with E-state index in [1.165, 1.54) is 12.1 Å². The van der Waals surface area contributed by atoms with Crippen LogP contribution in [0.1, 0.15) is 32.3 Å². The summed E-state index contributed by atoms with van der Waals surface area (Å²) in [5.74, 6) is 1.31. The number of nitrogens with zero attached hydrogens (tertiary/aromatic N) is 1. The molecule has 0 N–H and O–H groups in total. The van der Waals surface area contributed by atoms with E-state index in [1.54, 1.807) is 14.2 Å². The van der Waals surface area contributed by atoms with Crippen LogP contribution in [0.3, 0.4) is 0 Å². The SMILES string of the molecule is COc1cc(F)cc(OC)c1CN1CCC(OCC(C)C)CC1. The molecular weight excluding hydrogens is 297 g/mol. The summed E-state index contributed by atoms with van der Waals surface area (Å²) in [5.41, 5.74) is 0.901. The van der Waals surface area contributed by atoms with Crippen molar-refractivity contribution in [1.29, 1.82) is 0 Å². The van der Waals surface area contributed by atoms with Gasteiger partial charge in [0, 0.05) is 38.4 Å². The van der Waals surface area contributed by atoms with Crippen molar-refractivity contribution in [3.8, 4) is 11.5 Å². The molecule has 0 saturated carbocycles. The van der Waals surface area contributed by atoms with E-state index in [0.717, 1.165) is 38.1 Å². The summed E-state index contributed by atoms with van der Waals surface area (Å²) in [7, 11) is 3.12. The Morgan fingerprint density at radius 1 is 1.13 bits per heavy atom. The first-order chi connectivity index (χ1) is 11.0. The lowest BCUT2D eigenvalue weighted by Gasteiger charge is -2.32. The maximum absolute atomic E-state index is 13.6. The van der Waals surface area contributed by atoms with Crippen LogP contribution < -0.4 is 9.47 Å². The Labute approximate surface area is 138 Å². The minimum Gasteiger partial charge on any atom is -0.496 e. The zero-order valence-electron chi connectivity index (χ0n) is 14.6. The van der Waals surface area contributed by atoms with E-state index < -0.39 is 0 Å². The number of piperidine rings is 1. The van der Waals surface area contributed by atoms with Crippen LogP contribution in [0.4, 0.5) is 4.39 Å². The number of ether oxygens (including phenoxy) is 3. The van der Waals surface area contributed by atoms with E-state index in [-0.39, 0.29) is 5.82 Å². The molecule has 1 aromatic carbocycles. The van der Waals surface area contributed by atoms with E-state index in [0.29, 0.717) is 30.1 Å². The summed E-state index contributed by atoms with van der Waals surface area (Å²) in [6.45, 7) is 7.79. The third-order valence-corrected chi connectivity index (χ3v) is 4.15. The third-order valence-electron chi connectivity index (χ3n) is 4.15. The quantitative estimate of drug-likeness (QED) is 0.768. The van der Waals surface area contributed by atoms with E-state index in [2.05, 4.69) is 18.7 Å². The highest BCUT2D eigenvalue weighted by atomic mass is 19.1. The van der Waals surface area contributed by atoms with Gasteiger partial charge in [0.1, 0.15) is 17.3 Å². The Kier molecular flexibility index (Phi) is 6.66. The molecule has 0 atom stereocenters. The van der Waals surface area contributed by atoms with Crippen LogP contribution in [0, 0.1) is 11.7 Å². The van der Waals surface area contributed by atoms with Crippen molar-refractivity contribution in [3.63, 3.8) is 0 Å². The number of hydrogen-bond donors (Lipinski definition) is 0. The Balaban J connectivity index is 1.96. The molecule has 0 unspecified atom stereocenters. The molecular formula is C18H28FNO3. The van der Waals surface area contributed by atoms with Crippen LogP contribution in [-0.4, -0.2) is 44.9 Å². The van der Waals surface area contributed by atoms with Crippen LogP contribution in [-0.2, 0) is 11.3 Å². The molecule has 0 radical (unpaired) electrons. The van der Waals surface area contributed by atoms with Crippen LogP contribution in [0.15, 0.2) is 12.1 Å². The van der Waals surface area contributed by atoms with Crippen molar-refractivity contribution in [2.24, 2.45) is 5.92 Å². The van der Waals surface area contributed by atoms with Gasteiger partial charge in [-0.25, -0.2) is 4.39 Å². The van der Waals surface area contributed by atoms with Gasteiger partial charge in [0.25, 0.3) is 0 Å². The van der Waals surface area contributed by atoms with Gasteiger partial charge in [0.15, 0.2) is 0 Å². The van der Waals surface area contributed by atoms with Gasteiger partial charge in [-0.2, -0.15) is 0 Å². The molecule has 130 valence electrons. The Bertz CT molecular complexity index is 474. The summed E-state index contributed by atoms with van der Waals surface area (Å²) >= 11 is 0. The first-order valence-corrected chi connectivity index (χ1v) is 8.27. The second-order valence-electron chi connectivity index (χ2n) is 6.49. The lowest BCUT2D eigenvalue weighted by Crippen LogP contribution is -2.37. The normalized spacial score (nSPS) is 16.8. The van der Waals surface area contributed by atoms with Gasteiger partial charge in [0.05, 0.1) is 25.9 Å². The van der Waals surface area contributed by atoms with Gasteiger partial charge in [0.2, 0.25) is 0 Å². The number of rotatable bonds is 7. The fourth-order valence-corrected chi connectivity index (χ4v) is 2.89. The molecule has 2 rings (SSSR count). The largest absolute Gasteiger partial charge is 0.496 e. The van der Waals surface area contributed by atoms with Crippen LogP contribution >= 0.6 is 0 Å². The molecule has 1 heterocycles. The minimum atomic E-state index is -0.344. The maximum atomic E-state index is 13.6. The molecule has 1 aliphatic heterocycles. The minimum absolute atomic E-state index is 0.344. The average molecular weight is 325 g/mol. The van der Waals surface area contributed by atoms with Crippen LogP contribution in [0.25, 0.3) is 0 Å². The molecule has 1 fully saturated rings. The van der Waals surface area contributed by atoms with Crippen molar-refractivity contribution >= 4 is 0 Å². The second kappa shape index (κ2) is 8.50. The highest BCUT2D eigenvalue weighted by Crippen LogP contribution is 2.32. The average Bonchev–Trinajstić information content (AvgIpc) is 2.55. The molecule has 0 spiro atoms. The summed E-state index contributed by atoms with van der Waals surface area (Å²) in [4.78, 5) is 2.34. The third kappa shape index (κ3) is 5.08. The van der Waals surface area contributed by atoms with Gasteiger partial charge in [-0.1, -0.05) is 13.8 Å². The molecule has 0 aromatic heterocycles. The predicted molar refractivity (Wildman–Crippen MR) is 88.6 cm³/mol. The smallest absolute Gasteiger partial charge is 0.130 e. The Morgan fingerprint density at radius 3 is 2.17 bits per heavy atom. The number of likely N-dealkylation sites (tertiary alicyclic amines) is 1. The molecule has 1 saturated heterocycles. The summed E-state index contributed by atoms with van der Waals surface area (Å²) in [6, 6.07) is 2.83. The first-order valence-electron chi connectivity index (χ1n) is 8.27. The zero-order chi connectivity index (χ0) is 16.8. The fourth-order valence-electron chi connectivity index (χ4n) is 2.89. The second-order valence-corrected chi connectivity index (χ2v) is 6.49. The molecule has 1 aromatic rings. The number of halogens is 1. The van der Waals surface area contributed by atoms with Gasteiger partial charge < -0.3 is 14.2 Å². The van der Waals surface area contributed by atoms with Crippen LogP contribution in [0.5, 0.6) is 11.5 Å². The Morgan fingerprint density at radius 2 is 1.70 bits per heavy atom. The monoisotopic (exact) mass is 325 g/mol. The van der Waals surface area contributed by atoms with E-state index in [4.69, 9.17) is 14.2 Å². The van der Waals surface area contributed by atoms with Gasteiger partial charge >= 0.3 is 0 Å². The predicted octanol–water partition coefficient (Wildman–Crippen LogP) is 3.48. The molecule has 5 heteroatoms.